The maximum Gasteiger partial charge on any atom is 0.120 e. The van der Waals surface area contributed by atoms with E-state index in [9.17, 15) is 0 Å². The molecule has 4 nitrogen and oxygen atoms in total. The van der Waals surface area contributed by atoms with Gasteiger partial charge in [0, 0.05) is 13.1 Å². The molecule has 0 saturated carbocycles. The fourth-order valence-electron chi connectivity index (χ4n) is 2.26. The molecule has 0 bridgehead atoms. The molecule has 0 heterocycles. The molecule has 23 heavy (non-hydrogen) atoms. The maximum atomic E-state index is 8.67. The summed E-state index contributed by atoms with van der Waals surface area (Å²) in [5.41, 5.74) is 2.39. The van der Waals surface area contributed by atoms with Gasteiger partial charge >= 0.3 is 0 Å². The van der Waals surface area contributed by atoms with Gasteiger partial charge in [-0.1, -0.05) is 42.5 Å². The highest BCUT2D eigenvalue weighted by Gasteiger charge is 1.98. The van der Waals surface area contributed by atoms with Crippen molar-refractivity contribution < 1.29 is 9.84 Å². The van der Waals surface area contributed by atoms with E-state index in [2.05, 4.69) is 34.9 Å². The number of ether oxygens (including phenoxy) is 1. The molecular formula is C19H26N2O2. The standard InChI is InChI=1S/C19H26N2O2/c22-13-12-20-10-5-11-21-15-18-8-4-9-19(14-18)23-16-17-6-2-1-3-7-17/h1-4,6-9,14,20-22H,5,10-13,15-16H2. The van der Waals surface area contributed by atoms with E-state index in [1.54, 1.807) is 0 Å². The van der Waals surface area contributed by atoms with Crippen LogP contribution in [0.15, 0.2) is 54.6 Å². The predicted molar refractivity (Wildman–Crippen MR) is 93.5 cm³/mol. The Morgan fingerprint density at radius 2 is 1.61 bits per heavy atom. The predicted octanol–water partition coefficient (Wildman–Crippen LogP) is 2.33. The van der Waals surface area contributed by atoms with E-state index in [1.807, 2.05) is 30.3 Å². The molecule has 0 aromatic heterocycles. The Labute approximate surface area is 138 Å². The van der Waals surface area contributed by atoms with Gasteiger partial charge in [0.25, 0.3) is 0 Å². The van der Waals surface area contributed by atoms with Gasteiger partial charge in [-0.05, 0) is 42.8 Å². The normalized spacial score (nSPS) is 10.7. The Morgan fingerprint density at radius 1 is 0.826 bits per heavy atom. The lowest BCUT2D eigenvalue weighted by molar-refractivity contribution is 0.292. The highest BCUT2D eigenvalue weighted by molar-refractivity contribution is 5.29. The first-order valence-corrected chi connectivity index (χ1v) is 8.16. The second kappa shape index (κ2) is 10.8. The minimum atomic E-state index is 0.198. The Balaban J connectivity index is 1.68. The van der Waals surface area contributed by atoms with Crippen molar-refractivity contribution in [3.63, 3.8) is 0 Å². The van der Waals surface area contributed by atoms with Crippen LogP contribution in [-0.2, 0) is 13.2 Å². The molecule has 2 rings (SSSR count). The van der Waals surface area contributed by atoms with Crippen molar-refractivity contribution in [2.45, 2.75) is 19.6 Å². The highest BCUT2D eigenvalue weighted by Crippen LogP contribution is 2.15. The minimum absolute atomic E-state index is 0.198. The van der Waals surface area contributed by atoms with E-state index >= 15 is 0 Å². The van der Waals surface area contributed by atoms with Gasteiger partial charge in [-0.2, -0.15) is 0 Å². The summed E-state index contributed by atoms with van der Waals surface area (Å²) in [4.78, 5) is 0. The van der Waals surface area contributed by atoms with Gasteiger partial charge in [0.15, 0.2) is 0 Å². The van der Waals surface area contributed by atoms with E-state index in [0.717, 1.165) is 31.8 Å². The number of aliphatic hydroxyl groups excluding tert-OH is 1. The zero-order chi connectivity index (χ0) is 16.2. The van der Waals surface area contributed by atoms with E-state index < -0.39 is 0 Å². The summed E-state index contributed by atoms with van der Waals surface area (Å²) in [7, 11) is 0. The van der Waals surface area contributed by atoms with Crippen molar-refractivity contribution >= 4 is 0 Å². The highest BCUT2D eigenvalue weighted by atomic mass is 16.5. The van der Waals surface area contributed by atoms with Crippen LogP contribution < -0.4 is 15.4 Å². The molecule has 0 radical (unpaired) electrons. The van der Waals surface area contributed by atoms with Gasteiger partial charge in [-0.15, -0.1) is 0 Å². The summed E-state index contributed by atoms with van der Waals surface area (Å²) in [5, 5.41) is 15.3. The zero-order valence-electron chi connectivity index (χ0n) is 13.5. The van der Waals surface area contributed by atoms with Crippen LogP contribution in [0.4, 0.5) is 0 Å². The molecule has 0 saturated heterocycles. The van der Waals surface area contributed by atoms with Gasteiger partial charge in [0.1, 0.15) is 12.4 Å². The molecule has 0 aliphatic rings. The Morgan fingerprint density at radius 3 is 2.43 bits per heavy atom. The smallest absolute Gasteiger partial charge is 0.120 e. The van der Waals surface area contributed by atoms with Crippen LogP contribution in [0, 0.1) is 0 Å². The molecule has 4 heteroatoms. The SMILES string of the molecule is OCCNCCCNCc1cccc(OCc2ccccc2)c1. The van der Waals surface area contributed by atoms with Crippen molar-refractivity contribution in [3.8, 4) is 5.75 Å². The summed E-state index contributed by atoms with van der Waals surface area (Å²) in [6.45, 7) is 4.17. The van der Waals surface area contributed by atoms with Crippen molar-refractivity contribution in [2.24, 2.45) is 0 Å². The second-order valence-corrected chi connectivity index (χ2v) is 5.43. The Bertz CT molecular complexity index is 546. The van der Waals surface area contributed by atoms with Gasteiger partial charge in [-0.25, -0.2) is 0 Å². The second-order valence-electron chi connectivity index (χ2n) is 5.43. The fourth-order valence-corrected chi connectivity index (χ4v) is 2.26. The number of rotatable bonds is 11. The Hall–Kier alpha value is -1.88. The first-order chi connectivity index (χ1) is 11.4. The van der Waals surface area contributed by atoms with Gasteiger partial charge in [0.05, 0.1) is 6.61 Å². The van der Waals surface area contributed by atoms with Crippen LogP contribution in [0.5, 0.6) is 5.75 Å². The molecule has 3 N–H and O–H groups in total. The molecule has 2 aromatic rings. The Kier molecular flexibility index (Phi) is 8.19. The third-order valence-electron chi connectivity index (χ3n) is 3.47. The molecule has 0 unspecified atom stereocenters. The van der Waals surface area contributed by atoms with E-state index in [-0.39, 0.29) is 6.61 Å². The van der Waals surface area contributed by atoms with Crippen LogP contribution in [0.2, 0.25) is 0 Å². The summed E-state index contributed by atoms with van der Waals surface area (Å²) in [6.07, 6.45) is 1.05. The maximum absolute atomic E-state index is 8.67. The molecule has 0 aliphatic carbocycles. The van der Waals surface area contributed by atoms with Crippen molar-refractivity contribution in [1.82, 2.24) is 10.6 Å². The third kappa shape index (κ3) is 7.28. The van der Waals surface area contributed by atoms with Gasteiger partial charge in [-0.3, -0.25) is 0 Å². The number of hydrogen-bond donors (Lipinski definition) is 3. The van der Waals surface area contributed by atoms with Gasteiger partial charge < -0.3 is 20.5 Å². The van der Waals surface area contributed by atoms with Crippen molar-refractivity contribution in [3.05, 3.63) is 65.7 Å². The third-order valence-corrected chi connectivity index (χ3v) is 3.47. The largest absolute Gasteiger partial charge is 0.489 e. The van der Waals surface area contributed by atoms with Crippen LogP contribution in [0.3, 0.4) is 0 Å². The number of nitrogens with one attached hydrogen (secondary N) is 2. The molecule has 124 valence electrons. The first kappa shape index (κ1) is 17.5. The molecule has 0 spiro atoms. The van der Waals surface area contributed by atoms with Crippen LogP contribution in [0.1, 0.15) is 17.5 Å². The van der Waals surface area contributed by atoms with E-state index in [0.29, 0.717) is 13.2 Å². The van der Waals surface area contributed by atoms with Crippen molar-refractivity contribution in [1.29, 1.82) is 0 Å². The molecule has 0 amide bonds. The van der Waals surface area contributed by atoms with E-state index in [4.69, 9.17) is 9.84 Å². The summed E-state index contributed by atoms with van der Waals surface area (Å²) in [5.74, 6) is 0.901. The van der Waals surface area contributed by atoms with Gasteiger partial charge in [0.2, 0.25) is 0 Å². The number of aliphatic hydroxyl groups is 1. The molecular weight excluding hydrogens is 288 g/mol. The lowest BCUT2D eigenvalue weighted by Gasteiger charge is -2.09. The molecule has 2 aromatic carbocycles. The first-order valence-electron chi connectivity index (χ1n) is 8.16. The molecule has 0 aliphatic heterocycles. The summed E-state index contributed by atoms with van der Waals surface area (Å²) >= 11 is 0. The van der Waals surface area contributed by atoms with Crippen LogP contribution in [0.25, 0.3) is 0 Å². The van der Waals surface area contributed by atoms with Crippen LogP contribution in [-0.4, -0.2) is 31.3 Å². The average Bonchev–Trinajstić information content (AvgIpc) is 2.60. The van der Waals surface area contributed by atoms with Crippen LogP contribution >= 0.6 is 0 Å². The average molecular weight is 314 g/mol. The summed E-state index contributed by atoms with van der Waals surface area (Å²) < 4.78 is 5.84. The minimum Gasteiger partial charge on any atom is -0.489 e. The number of benzene rings is 2. The number of hydrogen-bond acceptors (Lipinski definition) is 4. The molecule has 0 fully saturated rings. The zero-order valence-corrected chi connectivity index (χ0v) is 13.5. The topological polar surface area (TPSA) is 53.5 Å². The monoisotopic (exact) mass is 314 g/mol. The molecule has 0 atom stereocenters. The quantitative estimate of drug-likeness (QED) is 0.557. The van der Waals surface area contributed by atoms with E-state index in [1.165, 1.54) is 11.1 Å². The van der Waals surface area contributed by atoms with Crippen molar-refractivity contribution in [2.75, 3.05) is 26.2 Å². The lowest BCUT2D eigenvalue weighted by Crippen LogP contribution is -2.23. The lowest BCUT2D eigenvalue weighted by atomic mass is 10.2. The fraction of sp³-hybridized carbons (Fsp3) is 0.368. The summed E-state index contributed by atoms with van der Waals surface area (Å²) in [6, 6.07) is 18.4.